The van der Waals surface area contributed by atoms with Crippen molar-refractivity contribution in [2.24, 2.45) is 11.8 Å². The molecule has 0 saturated carbocycles. The van der Waals surface area contributed by atoms with E-state index >= 15 is 0 Å². The van der Waals surface area contributed by atoms with Gasteiger partial charge in [0, 0.05) is 18.4 Å². The molecule has 4 heterocycles. The highest BCUT2D eigenvalue weighted by Gasteiger charge is 2.78. The number of anilines is 1. The normalized spacial score (nSPS) is 33.1. The summed E-state index contributed by atoms with van der Waals surface area (Å²) in [6.45, 7) is 5.11. The maximum Gasteiger partial charge on any atom is 0.291 e. The number of fused-ring (bicyclic) bond motifs is 7. The lowest BCUT2D eigenvalue weighted by Gasteiger charge is -2.33. The van der Waals surface area contributed by atoms with Gasteiger partial charge in [-0.1, -0.05) is 42.0 Å². The first-order valence-electron chi connectivity index (χ1n) is 11.1. The van der Waals surface area contributed by atoms with Gasteiger partial charge in [0.1, 0.15) is 17.9 Å². The van der Waals surface area contributed by atoms with Gasteiger partial charge in [0.2, 0.25) is 17.4 Å². The molecule has 2 N–H and O–H groups in total. The van der Waals surface area contributed by atoms with Crippen LogP contribution in [0.3, 0.4) is 0 Å². The third kappa shape index (κ3) is 2.23. The molecule has 0 bridgehead atoms. The molecule has 4 aliphatic rings. The Labute approximate surface area is 181 Å². The number of rotatable bonds is 2. The number of hydrogen-bond acceptors (Lipinski definition) is 3. The van der Waals surface area contributed by atoms with Crippen LogP contribution in [0, 0.1) is 25.7 Å². The van der Waals surface area contributed by atoms with E-state index in [9.17, 15) is 14.4 Å². The number of nitrogens with one attached hydrogen (secondary N) is 2. The number of carbonyl (C=O) groups is 3. The topological polar surface area (TPSA) is 70.9 Å². The Morgan fingerprint density at radius 2 is 1.87 bits per heavy atom. The monoisotopic (exact) mass is 416 g/mol. The molecule has 6 heteroatoms. The largest absolute Gasteiger partial charge is 0.320 e. The minimum atomic E-state index is -1.00. The zero-order valence-corrected chi connectivity index (χ0v) is 17.8. The average Bonchev–Trinajstić information content (AvgIpc) is 3.45. The molecule has 6 nitrogen and oxygen atoms in total. The molecule has 3 fully saturated rings. The summed E-state index contributed by atoms with van der Waals surface area (Å²) in [7, 11) is 0. The lowest BCUT2D eigenvalue weighted by molar-refractivity contribution is -0.948. The molecule has 0 radical (unpaired) electrons. The smallest absolute Gasteiger partial charge is 0.291 e. The van der Waals surface area contributed by atoms with Crippen LogP contribution in [-0.2, 0) is 26.5 Å². The van der Waals surface area contributed by atoms with Crippen LogP contribution < -0.4 is 10.2 Å². The Bertz CT molecular complexity index is 1140. The summed E-state index contributed by atoms with van der Waals surface area (Å²) in [6, 6.07) is 13.7. The van der Waals surface area contributed by atoms with Crippen molar-refractivity contribution < 1.29 is 19.3 Å². The highest BCUT2D eigenvalue weighted by atomic mass is 16.2. The van der Waals surface area contributed by atoms with E-state index < -0.39 is 17.4 Å². The van der Waals surface area contributed by atoms with Crippen molar-refractivity contribution in [1.29, 1.82) is 0 Å². The summed E-state index contributed by atoms with van der Waals surface area (Å²) in [5.41, 5.74) is 3.75. The van der Waals surface area contributed by atoms with Crippen LogP contribution in [0.5, 0.6) is 0 Å². The third-order valence-corrected chi connectivity index (χ3v) is 7.94. The molecule has 0 aliphatic carbocycles. The Kier molecular flexibility index (Phi) is 3.79. The van der Waals surface area contributed by atoms with E-state index in [0.29, 0.717) is 0 Å². The predicted molar refractivity (Wildman–Crippen MR) is 114 cm³/mol. The zero-order chi connectivity index (χ0) is 21.5. The lowest BCUT2D eigenvalue weighted by atomic mass is 9.75. The number of aryl methyl sites for hydroxylation is 2. The van der Waals surface area contributed by atoms with Crippen molar-refractivity contribution in [2.75, 3.05) is 11.9 Å². The summed E-state index contributed by atoms with van der Waals surface area (Å²) in [5, 5.41) is 3.11. The van der Waals surface area contributed by atoms with Crippen molar-refractivity contribution in [2.45, 2.75) is 44.8 Å². The minimum Gasteiger partial charge on any atom is -0.320 e. The van der Waals surface area contributed by atoms with Crippen LogP contribution in [0.1, 0.15) is 35.1 Å². The van der Waals surface area contributed by atoms with E-state index in [1.807, 2.05) is 44.2 Å². The van der Waals surface area contributed by atoms with Gasteiger partial charge in [0.05, 0.1) is 18.8 Å². The summed E-state index contributed by atoms with van der Waals surface area (Å²) in [5.74, 6) is -1.47. The molecule has 31 heavy (non-hydrogen) atoms. The highest BCUT2D eigenvalue weighted by Crippen LogP contribution is 2.52. The van der Waals surface area contributed by atoms with Crippen LogP contribution in [0.15, 0.2) is 42.5 Å². The number of nitrogens with zero attached hydrogens (tertiary/aromatic N) is 1. The van der Waals surface area contributed by atoms with Gasteiger partial charge >= 0.3 is 0 Å². The van der Waals surface area contributed by atoms with Crippen LogP contribution in [0.25, 0.3) is 0 Å². The Hall–Kier alpha value is -2.99. The molecule has 5 atom stereocenters. The molecule has 3 saturated heterocycles. The number of hydrogen-bond donors (Lipinski definition) is 2. The van der Waals surface area contributed by atoms with E-state index in [1.165, 1.54) is 4.90 Å². The number of likely N-dealkylation sites (tertiary alicyclic amines) is 1. The van der Waals surface area contributed by atoms with E-state index in [0.717, 1.165) is 52.2 Å². The second-order valence-corrected chi connectivity index (χ2v) is 9.54. The van der Waals surface area contributed by atoms with Crippen LogP contribution in [0.4, 0.5) is 5.69 Å². The lowest BCUT2D eigenvalue weighted by Crippen LogP contribution is -3.19. The standard InChI is InChI=1S/C25H25N3O3/c1-14-11-15(2)21-17(12-14)25(24(31)26-21)20-19(18-9-6-10-28(18)25)22(29)27(23(20)30)13-16-7-4-3-5-8-16/h3-5,7-8,11-12,18-20H,6,9-10,13H2,1-2H3,(H,26,31)/p+1/t18-,19+,20-,25+/m0/s1. The van der Waals surface area contributed by atoms with Crippen molar-refractivity contribution in [1.82, 2.24) is 4.90 Å². The first kappa shape index (κ1) is 18.8. The Morgan fingerprint density at radius 3 is 2.65 bits per heavy atom. The van der Waals surface area contributed by atoms with Gasteiger partial charge in [0.25, 0.3) is 5.91 Å². The predicted octanol–water partition coefficient (Wildman–Crippen LogP) is 1.31. The maximum absolute atomic E-state index is 13.8. The van der Waals surface area contributed by atoms with E-state index in [2.05, 4.69) is 17.4 Å². The summed E-state index contributed by atoms with van der Waals surface area (Å²) in [4.78, 5) is 43.7. The molecule has 2 aromatic carbocycles. The van der Waals surface area contributed by atoms with Crippen molar-refractivity contribution in [3.63, 3.8) is 0 Å². The van der Waals surface area contributed by atoms with Crippen LogP contribution in [-0.4, -0.2) is 35.2 Å². The van der Waals surface area contributed by atoms with E-state index in [1.54, 1.807) is 0 Å². The van der Waals surface area contributed by atoms with Gasteiger partial charge in [-0.2, -0.15) is 0 Å². The summed E-state index contributed by atoms with van der Waals surface area (Å²) < 4.78 is 0. The fourth-order valence-corrected chi connectivity index (χ4v) is 6.90. The van der Waals surface area contributed by atoms with Crippen molar-refractivity contribution in [3.8, 4) is 0 Å². The first-order valence-corrected chi connectivity index (χ1v) is 11.1. The second-order valence-electron chi connectivity index (χ2n) is 9.54. The molecule has 0 aromatic heterocycles. The van der Waals surface area contributed by atoms with Crippen molar-refractivity contribution in [3.05, 3.63) is 64.7 Å². The molecule has 1 spiro atoms. The quantitative estimate of drug-likeness (QED) is 0.726. The van der Waals surface area contributed by atoms with Crippen LogP contribution >= 0.6 is 0 Å². The third-order valence-electron chi connectivity index (χ3n) is 7.94. The van der Waals surface area contributed by atoms with E-state index in [4.69, 9.17) is 0 Å². The highest BCUT2D eigenvalue weighted by molar-refractivity contribution is 6.14. The molecule has 4 aliphatic heterocycles. The van der Waals surface area contributed by atoms with Gasteiger partial charge < -0.3 is 10.2 Å². The summed E-state index contributed by atoms with van der Waals surface area (Å²) in [6.07, 6.45) is 1.85. The fourth-order valence-electron chi connectivity index (χ4n) is 6.90. The number of quaternary nitrogens is 1. The summed E-state index contributed by atoms with van der Waals surface area (Å²) >= 11 is 0. The first-order chi connectivity index (χ1) is 14.9. The zero-order valence-electron chi connectivity index (χ0n) is 17.8. The van der Waals surface area contributed by atoms with E-state index in [-0.39, 0.29) is 30.3 Å². The van der Waals surface area contributed by atoms with Gasteiger partial charge in [-0.25, -0.2) is 0 Å². The molecule has 6 rings (SSSR count). The Balaban J connectivity index is 1.52. The second kappa shape index (κ2) is 6.26. The fraction of sp³-hybridized carbons (Fsp3) is 0.400. The van der Waals surface area contributed by atoms with Gasteiger partial charge in [-0.15, -0.1) is 0 Å². The Morgan fingerprint density at radius 1 is 1.10 bits per heavy atom. The SMILES string of the molecule is Cc1cc(C)c2c(c1)[C@]1(C(=O)N2)[C@@H]2C(=O)N(Cc3ccccc3)C(=O)[C@@H]2[C@@H]2CCC[NH+]21. The molecular formula is C25H26N3O3+. The molecule has 2 aromatic rings. The van der Waals surface area contributed by atoms with Crippen LogP contribution in [0.2, 0.25) is 0 Å². The molecule has 158 valence electrons. The van der Waals surface area contributed by atoms with Gasteiger partial charge in [-0.05, 0) is 31.0 Å². The molecule has 3 amide bonds. The number of carbonyl (C=O) groups excluding carboxylic acids is 3. The maximum atomic E-state index is 13.8. The number of benzene rings is 2. The minimum absolute atomic E-state index is 0.0136. The number of imide groups is 1. The van der Waals surface area contributed by atoms with Gasteiger partial charge in [-0.3, -0.25) is 19.3 Å². The average molecular weight is 417 g/mol. The molecule has 1 unspecified atom stereocenters. The molecular weight excluding hydrogens is 390 g/mol. The van der Waals surface area contributed by atoms with Crippen molar-refractivity contribution >= 4 is 23.4 Å². The van der Waals surface area contributed by atoms with Gasteiger partial charge in [0.15, 0.2) is 0 Å². The number of amides is 3.